The molecule has 0 unspecified atom stereocenters. The van der Waals surface area contributed by atoms with Crippen molar-refractivity contribution < 1.29 is 9.21 Å². The van der Waals surface area contributed by atoms with E-state index in [1.807, 2.05) is 19.1 Å². The summed E-state index contributed by atoms with van der Waals surface area (Å²) < 4.78 is 5.21. The zero-order valence-electron chi connectivity index (χ0n) is 8.82. The first-order chi connectivity index (χ1) is 7.25. The minimum absolute atomic E-state index is 0.0412. The molecule has 0 radical (unpaired) electrons. The normalized spacial score (nSPS) is 18.2. The van der Waals surface area contributed by atoms with Crippen LogP contribution in [0.5, 0.6) is 0 Å². The Balaban J connectivity index is 1.78. The topological polar surface area (TPSA) is 54.3 Å². The van der Waals surface area contributed by atoms with Crippen molar-refractivity contribution in [2.45, 2.75) is 19.4 Å². The van der Waals surface area contributed by atoms with Gasteiger partial charge in [0.2, 0.25) is 5.91 Å². The molecular weight excluding hydrogens is 192 g/mol. The van der Waals surface area contributed by atoms with Gasteiger partial charge in [-0.3, -0.25) is 4.79 Å². The smallest absolute Gasteiger partial charge is 0.220 e. The summed E-state index contributed by atoms with van der Waals surface area (Å²) in [7, 11) is 0. The molecule has 0 bridgehead atoms. The van der Waals surface area contributed by atoms with Crippen molar-refractivity contribution in [1.29, 1.82) is 0 Å². The largest absolute Gasteiger partial charge is 0.467 e. The van der Waals surface area contributed by atoms with Crippen LogP contribution >= 0.6 is 0 Å². The van der Waals surface area contributed by atoms with Gasteiger partial charge in [-0.25, -0.2) is 0 Å². The van der Waals surface area contributed by atoms with Gasteiger partial charge in [0.15, 0.2) is 0 Å². The van der Waals surface area contributed by atoms with E-state index in [-0.39, 0.29) is 11.9 Å². The molecule has 2 N–H and O–H groups in total. The van der Waals surface area contributed by atoms with Crippen molar-refractivity contribution in [3.05, 3.63) is 24.2 Å². The third-order valence-electron chi connectivity index (χ3n) is 2.69. The Bertz CT molecular complexity index is 317. The average Bonchev–Trinajstić information content (AvgIpc) is 2.64. The van der Waals surface area contributed by atoms with Gasteiger partial charge in [-0.1, -0.05) is 0 Å². The molecule has 0 saturated carbocycles. The van der Waals surface area contributed by atoms with Crippen molar-refractivity contribution in [2.75, 3.05) is 13.1 Å². The molecule has 82 valence electrons. The molecule has 0 aliphatic carbocycles. The summed E-state index contributed by atoms with van der Waals surface area (Å²) >= 11 is 0. The standard InChI is InChI=1S/C11H16N2O2/c1-8(10-3-2-4-15-10)13-11(14)5-9-6-12-7-9/h2-4,8-9,12H,5-7H2,1H3,(H,13,14)/t8-/m1/s1. The van der Waals surface area contributed by atoms with Crippen molar-refractivity contribution >= 4 is 5.91 Å². The second-order valence-corrected chi connectivity index (χ2v) is 4.03. The quantitative estimate of drug-likeness (QED) is 0.778. The first-order valence-corrected chi connectivity index (χ1v) is 5.29. The monoisotopic (exact) mass is 208 g/mol. The molecule has 1 atom stereocenters. The Morgan fingerprint density at radius 1 is 1.73 bits per heavy atom. The fraction of sp³-hybridized carbons (Fsp3) is 0.545. The molecule has 1 aliphatic heterocycles. The number of nitrogens with one attached hydrogen (secondary N) is 2. The summed E-state index contributed by atoms with van der Waals surface area (Å²) in [4.78, 5) is 11.6. The van der Waals surface area contributed by atoms with Gasteiger partial charge in [0.25, 0.3) is 0 Å². The molecule has 1 saturated heterocycles. The number of amides is 1. The fourth-order valence-electron chi connectivity index (χ4n) is 1.66. The van der Waals surface area contributed by atoms with Crippen LogP contribution in [-0.4, -0.2) is 19.0 Å². The van der Waals surface area contributed by atoms with Crippen LogP contribution in [0, 0.1) is 5.92 Å². The number of carbonyl (C=O) groups is 1. The fourth-order valence-corrected chi connectivity index (χ4v) is 1.66. The van der Waals surface area contributed by atoms with E-state index < -0.39 is 0 Å². The summed E-state index contributed by atoms with van der Waals surface area (Å²) in [5.41, 5.74) is 0. The second-order valence-electron chi connectivity index (χ2n) is 4.03. The molecule has 1 aromatic rings. The predicted molar refractivity (Wildman–Crippen MR) is 56.2 cm³/mol. The van der Waals surface area contributed by atoms with E-state index >= 15 is 0 Å². The predicted octanol–water partition coefficient (Wildman–Crippen LogP) is 1.07. The average molecular weight is 208 g/mol. The summed E-state index contributed by atoms with van der Waals surface area (Å²) in [5, 5.41) is 6.07. The van der Waals surface area contributed by atoms with Crippen LogP contribution in [0.4, 0.5) is 0 Å². The van der Waals surface area contributed by atoms with Gasteiger partial charge in [-0.05, 0) is 38.1 Å². The molecule has 2 rings (SSSR count). The number of hydrogen-bond acceptors (Lipinski definition) is 3. The molecule has 4 nitrogen and oxygen atoms in total. The van der Waals surface area contributed by atoms with Gasteiger partial charge in [0, 0.05) is 6.42 Å². The molecule has 1 fully saturated rings. The molecule has 1 amide bonds. The Kier molecular flexibility index (Phi) is 3.06. The molecule has 1 aromatic heterocycles. The van der Waals surface area contributed by atoms with E-state index in [0.29, 0.717) is 12.3 Å². The maximum atomic E-state index is 11.6. The Morgan fingerprint density at radius 3 is 3.07 bits per heavy atom. The zero-order chi connectivity index (χ0) is 10.7. The van der Waals surface area contributed by atoms with E-state index in [9.17, 15) is 4.79 Å². The summed E-state index contributed by atoms with van der Waals surface area (Å²) in [6.45, 7) is 3.85. The Labute approximate surface area is 89.0 Å². The first kappa shape index (κ1) is 10.2. The van der Waals surface area contributed by atoms with Gasteiger partial charge in [-0.2, -0.15) is 0 Å². The van der Waals surface area contributed by atoms with Crippen LogP contribution in [0.3, 0.4) is 0 Å². The van der Waals surface area contributed by atoms with E-state index in [0.717, 1.165) is 18.8 Å². The lowest BCUT2D eigenvalue weighted by Crippen LogP contribution is -2.44. The van der Waals surface area contributed by atoms with Crippen LogP contribution in [0.25, 0.3) is 0 Å². The third kappa shape index (κ3) is 2.59. The lowest BCUT2D eigenvalue weighted by atomic mass is 9.99. The molecule has 1 aliphatic rings. The number of carbonyl (C=O) groups excluding carboxylic acids is 1. The molecule has 0 spiro atoms. The number of rotatable bonds is 4. The van der Waals surface area contributed by atoms with Crippen molar-refractivity contribution in [2.24, 2.45) is 5.92 Å². The van der Waals surface area contributed by atoms with Crippen LogP contribution in [0.2, 0.25) is 0 Å². The van der Waals surface area contributed by atoms with Crippen LogP contribution in [0.1, 0.15) is 25.1 Å². The Morgan fingerprint density at radius 2 is 2.53 bits per heavy atom. The lowest BCUT2D eigenvalue weighted by molar-refractivity contribution is -0.123. The van der Waals surface area contributed by atoms with Crippen LogP contribution < -0.4 is 10.6 Å². The molecule has 0 aromatic carbocycles. The number of hydrogen-bond donors (Lipinski definition) is 2. The maximum Gasteiger partial charge on any atom is 0.220 e. The first-order valence-electron chi connectivity index (χ1n) is 5.29. The highest BCUT2D eigenvalue weighted by atomic mass is 16.3. The third-order valence-corrected chi connectivity index (χ3v) is 2.69. The van der Waals surface area contributed by atoms with E-state index in [1.165, 1.54) is 0 Å². The highest BCUT2D eigenvalue weighted by Crippen LogP contribution is 2.14. The number of furan rings is 1. The zero-order valence-corrected chi connectivity index (χ0v) is 8.82. The SMILES string of the molecule is C[C@@H](NC(=O)CC1CNC1)c1ccco1. The highest BCUT2D eigenvalue weighted by Gasteiger charge is 2.21. The van der Waals surface area contributed by atoms with E-state index in [2.05, 4.69) is 10.6 Å². The minimum atomic E-state index is -0.0412. The second kappa shape index (κ2) is 4.49. The van der Waals surface area contributed by atoms with Gasteiger partial charge in [-0.15, -0.1) is 0 Å². The van der Waals surface area contributed by atoms with Crippen molar-refractivity contribution in [1.82, 2.24) is 10.6 Å². The van der Waals surface area contributed by atoms with Gasteiger partial charge in [0.05, 0.1) is 12.3 Å². The molecule has 4 heteroatoms. The summed E-state index contributed by atoms with van der Waals surface area (Å²) in [5.74, 6) is 1.41. The molecule has 15 heavy (non-hydrogen) atoms. The van der Waals surface area contributed by atoms with Crippen molar-refractivity contribution in [3.63, 3.8) is 0 Å². The van der Waals surface area contributed by atoms with E-state index in [4.69, 9.17) is 4.42 Å². The van der Waals surface area contributed by atoms with Gasteiger partial charge in [0.1, 0.15) is 5.76 Å². The molecule has 2 heterocycles. The van der Waals surface area contributed by atoms with Crippen LogP contribution in [-0.2, 0) is 4.79 Å². The lowest BCUT2D eigenvalue weighted by Gasteiger charge is -2.26. The maximum absolute atomic E-state index is 11.6. The van der Waals surface area contributed by atoms with E-state index in [1.54, 1.807) is 6.26 Å². The Hall–Kier alpha value is -1.29. The van der Waals surface area contributed by atoms with Gasteiger partial charge >= 0.3 is 0 Å². The summed E-state index contributed by atoms with van der Waals surface area (Å²) in [6.07, 6.45) is 2.23. The van der Waals surface area contributed by atoms with Gasteiger partial charge < -0.3 is 15.1 Å². The minimum Gasteiger partial charge on any atom is -0.467 e. The van der Waals surface area contributed by atoms with Crippen molar-refractivity contribution in [3.8, 4) is 0 Å². The molecular formula is C11H16N2O2. The summed E-state index contributed by atoms with van der Waals surface area (Å²) in [6, 6.07) is 3.66. The van der Waals surface area contributed by atoms with Crippen LogP contribution in [0.15, 0.2) is 22.8 Å². The highest BCUT2D eigenvalue weighted by molar-refractivity contribution is 5.76.